The first kappa shape index (κ1) is 19.6. The molecule has 0 unspecified atom stereocenters. The number of benzene rings is 2. The summed E-state index contributed by atoms with van der Waals surface area (Å²) in [6, 6.07) is 8.95. The highest BCUT2D eigenvalue weighted by molar-refractivity contribution is 7.98. The van der Waals surface area contributed by atoms with E-state index in [-0.39, 0.29) is 17.1 Å². The average molecular weight is 415 g/mol. The molecule has 1 heterocycles. The van der Waals surface area contributed by atoms with Crippen molar-refractivity contribution in [3.63, 3.8) is 0 Å². The maximum absolute atomic E-state index is 13.0. The fourth-order valence-electron chi connectivity index (χ4n) is 2.77. The molecule has 0 bridgehead atoms. The minimum atomic E-state index is -4.61. The summed E-state index contributed by atoms with van der Waals surface area (Å²) in [4.78, 5) is 26.7. The molecule has 1 N–H and O–H groups in total. The SMILES string of the molecule is CSc1cccc(N[C@@H]2CC(=O)N(c3cc(C(F)(F)F)ccc3Cl)C2=O)c1. The van der Waals surface area contributed by atoms with Gasteiger partial charge in [-0.1, -0.05) is 17.7 Å². The lowest BCUT2D eigenvalue weighted by atomic mass is 10.2. The summed E-state index contributed by atoms with van der Waals surface area (Å²) in [5.74, 6) is -1.25. The number of imide groups is 1. The third kappa shape index (κ3) is 4.06. The average Bonchev–Trinajstić information content (AvgIpc) is 2.88. The molecular formula is C18H14ClF3N2O2S. The van der Waals surface area contributed by atoms with Gasteiger partial charge in [-0.2, -0.15) is 13.2 Å². The van der Waals surface area contributed by atoms with Crippen molar-refractivity contribution in [2.75, 3.05) is 16.5 Å². The molecule has 1 aliphatic heterocycles. The Morgan fingerprint density at radius 1 is 1.19 bits per heavy atom. The van der Waals surface area contributed by atoms with E-state index >= 15 is 0 Å². The molecule has 2 aromatic carbocycles. The first-order valence-corrected chi connectivity index (χ1v) is 9.45. The van der Waals surface area contributed by atoms with Crippen LogP contribution in [-0.4, -0.2) is 24.1 Å². The highest BCUT2D eigenvalue weighted by Crippen LogP contribution is 2.37. The van der Waals surface area contributed by atoms with E-state index in [1.54, 1.807) is 12.1 Å². The topological polar surface area (TPSA) is 49.4 Å². The molecule has 9 heteroatoms. The first-order chi connectivity index (χ1) is 12.7. The van der Waals surface area contributed by atoms with Crippen molar-refractivity contribution < 1.29 is 22.8 Å². The molecule has 2 aromatic rings. The number of thioether (sulfide) groups is 1. The number of anilines is 2. The van der Waals surface area contributed by atoms with Crippen LogP contribution in [-0.2, 0) is 15.8 Å². The Hall–Kier alpha value is -2.19. The second-order valence-corrected chi connectivity index (χ2v) is 7.15. The van der Waals surface area contributed by atoms with Crippen LogP contribution < -0.4 is 10.2 Å². The van der Waals surface area contributed by atoms with Crippen molar-refractivity contribution in [2.45, 2.75) is 23.5 Å². The molecule has 1 fully saturated rings. The predicted molar refractivity (Wildman–Crippen MR) is 99.2 cm³/mol. The Kier molecular flexibility index (Phi) is 5.39. The van der Waals surface area contributed by atoms with Gasteiger partial charge in [-0.05, 0) is 42.7 Å². The van der Waals surface area contributed by atoms with E-state index in [1.165, 1.54) is 11.8 Å². The number of nitrogens with one attached hydrogen (secondary N) is 1. The third-order valence-corrected chi connectivity index (χ3v) is 5.12. The van der Waals surface area contributed by atoms with E-state index < -0.39 is 29.6 Å². The summed E-state index contributed by atoms with van der Waals surface area (Å²) in [5, 5.41) is 2.87. The maximum Gasteiger partial charge on any atom is 0.416 e. The van der Waals surface area contributed by atoms with E-state index in [9.17, 15) is 22.8 Å². The van der Waals surface area contributed by atoms with Crippen molar-refractivity contribution in [1.29, 1.82) is 0 Å². The predicted octanol–water partition coefficient (Wildman–Crippen LogP) is 4.82. The molecule has 1 saturated heterocycles. The molecule has 27 heavy (non-hydrogen) atoms. The lowest BCUT2D eigenvalue weighted by molar-refractivity contribution is -0.137. The van der Waals surface area contributed by atoms with Gasteiger partial charge in [0.25, 0.3) is 5.91 Å². The minimum Gasteiger partial charge on any atom is -0.373 e. The number of nitrogens with zero attached hydrogens (tertiary/aromatic N) is 1. The Morgan fingerprint density at radius 3 is 2.59 bits per heavy atom. The zero-order valence-corrected chi connectivity index (χ0v) is 15.6. The van der Waals surface area contributed by atoms with Crippen LogP contribution >= 0.6 is 23.4 Å². The number of hydrogen-bond donors (Lipinski definition) is 1. The molecule has 0 aromatic heterocycles. The number of amides is 2. The second kappa shape index (κ2) is 7.44. The van der Waals surface area contributed by atoms with Crippen molar-refractivity contribution in [3.05, 3.63) is 53.1 Å². The van der Waals surface area contributed by atoms with Crippen LogP contribution in [0.25, 0.3) is 0 Å². The quantitative estimate of drug-likeness (QED) is 0.575. The van der Waals surface area contributed by atoms with E-state index in [4.69, 9.17) is 11.6 Å². The molecule has 3 rings (SSSR count). The summed E-state index contributed by atoms with van der Waals surface area (Å²) >= 11 is 7.49. The lowest BCUT2D eigenvalue weighted by Crippen LogP contribution is -2.35. The molecule has 2 amide bonds. The highest BCUT2D eigenvalue weighted by Gasteiger charge is 2.41. The Labute approximate surface area is 162 Å². The fourth-order valence-corrected chi connectivity index (χ4v) is 3.43. The number of hydrogen-bond acceptors (Lipinski definition) is 4. The van der Waals surface area contributed by atoms with Gasteiger partial charge in [0.05, 0.1) is 22.7 Å². The van der Waals surface area contributed by atoms with Gasteiger partial charge in [-0.3, -0.25) is 9.59 Å². The Morgan fingerprint density at radius 2 is 1.93 bits per heavy atom. The number of carbonyl (C=O) groups is 2. The zero-order valence-electron chi connectivity index (χ0n) is 14.0. The Balaban J connectivity index is 1.88. The highest BCUT2D eigenvalue weighted by atomic mass is 35.5. The molecule has 0 radical (unpaired) electrons. The summed E-state index contributed by atoms with van der Waals surface area (Å²) in [6.07, 6.45) is -2.88. The third-order valence-electron chi connectivity index (χ3n) is 4.07. The molecular weight excluding hydrogens is 401 g/mol. The molecule has 4 nitrogen and oxygen atoms in total. The number of carbonyl (C=O) groups excluding carboxylic acids is 2. The summed E-state index contributed by atoms with van der Waals surface area (Å²) in [5.41, 5.74) is -0.597. The van der Waals surface area contributed by atoms with Crippen LogP contribution in [0, 0.1) is 0 Å². The van der Waals surface area contributed by atoms with Crippen LogP contribution in [0.15, 0.2) is 47.4 Å². The van der Waals surface area contributed by atoms with E-state index in [2.05, 4.69) is 5.32 Å². The second-order valence-electron chi connectivity index (χ2n) is 5.86. The summed E-state index contributed by atoms with van der Waals surface area (Å²) in [7, 11) is 0. The Bertz CT molecular complexity index is 904. The van der Waals surface area contributed by atoms with Crippen LogP contribution in [0.4, 0.5) is 24.5 Å². The molecule has 0 aliphatic carbocycles. The van der Waals surface area contributed by atoms with E-state index in [0.29, 0.717) is 10.6 Å². The number of halogens is 4. The van der Waals surface area contributed by atoms with Crippen molar-refractivity contribution >= 4 is 46.6 Å². The molecule has 0 spiro atoms. The van der Waals surface area contributed by atoms with Crippen LogP contribution in [0.1, 0.15) is 12.0 Å². The first-order valence-electron chi connectivity index (χ1n) is 7.85. The van der Waals surface area contributed by atoms with Crippen molar-refractivity contribution in [2.24, 2.45) is 0 Å². The van der Waals surface area contributed by atoms with Gasteiger partial charge in [-0.25, -0.2) is 4.90 Å². The molecule has 1 aliphatic rings. The molecule has 1 atom stereocenters. The van der Waals surface area contributed by atoms with Gasteiger partial charge >= 0.3 is 6.18 Å². The number of alkyl halides is 3. The number of rotatable bonds is 4. The maximum atomic E-state index is 13.0. The lowest BCUT2D eigenvalue weighted by Gasteiger charge is -2.19. The summed E-state index contributed by atoms with van der Waals surface area (Å²) in [6.45, 7) is 0. The molecule has 0 saturated carbocycles. The normalized spacial score (nSPS) is 17.5. The van der Waals surface area contributed by atoms with Crippen molar-refractivity contribution in [1.82, 2.24) is 0 Å². The van der Waals surface area contributed by atoms with E-state index in [0.717, 1.165) is 23.1 Å². The summed E-state index contributed by atoms with van der Waals surface area (Å²) < 4.78 is 38.9. The van der Waals surface area contributed by atoms with Gasteiger partial charge in [-0.15, -0.1) is 11.8 Å². The smallest absolute Gasteiger partial charge is 0.373 e. The van der Waals surface area contributed by atoms with Gasteiger partial charge in [0.1, 0.15) is 6.04 Å². The van der Waals surface area contributed by atoms with Gasteiger partial charge in [0.15, 0.2) is 0 Å². The van der Waals surface area contributed by atoms with Crippen LogP contribution in [0.3, 0.4) is 0 Å². The molecule has 142 valence electrons. The largest absolute Gasteiger partial charge is 0.416 e. The monoisotopic (exact) mass is 414 g/mol. The minimum absolute atomic E-state index is 0.102. The van der Waals surface area contributed by atoms with Gasteiger partial charge in [0, 0.05) is 10.6 Å². The van der Waals surface area contributed by atoms with Gasteiger partial charge in [0.2, 0.25) is 5.91 Å². The van der Waals surface area contributed by atoms with Crippen molar-refractivity contribution in [3.8, 4) is 0 Å². The zero-order chi connectivity index (χ0) is 19.8. The van der Waals surface area contributed by atoms with Gasteiger partial charge < -0.3 is 5.32 Å². The van der Waals surface area contributed by atoms with E-state index in [1.807, 2.05) is 18.4 Å². The van der Waals surface area contributed by atoms with Crippen LogP contribution in [0.5, 0.6) is 0 Å². The van der Waals surface area contributed by atoms with Crippen LogP contribution in [0.2, 0.25) is 5.02 Å². The fraction of sp³-hybridized carbons (Fsp3) is 0.222. The standard InChI is InChI=1S/C18H14ClF3N2O2S/c1-27-12-4-2-3-11(8-12)23-14-9-16(25)24(17(14)26)15-7-10(18(20,21)22)5-6-13(15)19/h2-8,14,23H,9H2,1H3/t14-/m1/s1.